The summed E-state index contributed by atoms with van der Waals surface area (Å²) in [7, 11) is 0. The van der Waals surface area contributed by atoms with Crippen LogP contribution in [-0.4, -0.2) is 24.8 Å². The molecule has 1 amide bonds. The zero-order valence-electron chi connectivity index (χ0n) is 12.1. The molecule has 0 spiro atoms. The first-order valence-corrected chi connectivity index (χ1v) is 6.65. The van der Waals surface area contributed by atoms with E-state index in [2.05, 4.69) is 19.1 Å². The van der Waals surface area contributed by atoms with Crippen molar-refractivity contribution in [3.63, 3.8) is 0 Å². The lowest BCUT2D eigenvalue weighted by Crippen LogP contribution is -2.34. The highest BCUT2D eigenvalue weighted by Gasteiger charge is 2.42. The van der Waals surface area contributed by atoms with Gasteiger partial charge >= 0.3 is 6.09 Å². The molecule has 1 unspecified atom stereocenters. The van der Waals surface area contributed by atoms with Gasteiger partial charge < -0.3 is 10.5 Å². The molecular formula is C15H22N2O2. The van der Waals surface area contributed by atoms with Crippen molar-refractivity contribution < 1.29 is 9.53 Å². The van der Waals surface area contributed by atoms with Crippen LogP contribution in [0.2, 0.25) is 0 Å². The maximum Gasteiger partial charge on any atom is 0.415 e. The van der Waals surface area contributed by atoms with Crippen molar-refractivity contribution in [2.75, 3.05) is 18.0 Å². The van der Waals surface area contributed by atoms with Crippen LogP contribution in [0.4, 0.5) is 10.5 Å². The summed E-state index contributed by atoms with van der Waals surface area (Å²) in [6.07, 6.45) is 0.408. The van der Waals surface area contributed by atoms with E-state index in [0.29, 0.717) is 19.5 Å². The first-order chi connectivity index (χ1) is 8.86. The number of anilines is 1. The number of ether oxygens (including phenoxy) is 1. The Hall–Kier alpha value is -1.55. The maximum atomic E-state index is 12.1. The third kappa shape index (κ3) is 2.59. The third-order valence-corrected chi connectivity index (χ3v) is 3.63. The predicted octanol–water partition coefficient (Wildman–Crippen LogP) is 2.68. The molecule has 0 saturated carbocycles. The summed E-state index contributed by atoms with van der Waals surface area (Å²) < 4.78 is 5.50. The highest BCUT2D eigenvalue weighted by molar-refractivity contribution is 5.92. The minimum atomic E-state index is -0.477. The summed E-state index contributed by atoms with van der Waals surface area (Å²) in [5.41, 5.74) is 9.50. The number of nitrogens with two attached hydrogens (primary N) is 1. The van der Waals surface area contributed by atoms with E-state index in [1.165, 1.54) is 5.56 Å². The highest BCUT2D eigenvalue weighted by atomic mass is 16.6. The van der Waals surface area contributed by atoms with Gasteiger partial charge in [-0.15, -0.1) is 0 Å². The van der Waals surface area contributed by atoms with Crippen LogP contribution in [0.5, 0.6) is 0 Å². The summed E-state index contributed by atoms with van der Waals surface area (Å²) in [6.45, 7) is 9.14. The Morgan fingerprint density at radius 2 is 1.89 bits per heavy atom. The molecule has 4 nitrogen and oxygen atoms in total. The Morgan fingerprint density at radius 1 is 1.32 bits per heavy atom. The van der Waals surface area contributed by atoms with E-state index < -0.39 is 5.60 Å². The molecule has 0 aromatic heterocycles. The second-order valence-corrected chi connectivity index (χ2v) is 5.69. The molecule has 1 aliphatic heterocycles. The molecule has 2 rings (SSSR count). The summed E-state index contributed by atoms with van der Waals surface area (Å²) in [5.74, 6) is 0. The summed E-state index contributed by atoms with van der Waals surface area (Å²) >= 11 is 0. The lowest BCUT2D eigenvalue weighted by Gasteiger charge is -2.22. The van der Waals surface area contributed by atoms with Crippen LogP contribution in [0, 0.1) is 20.8 Å². The van der Waals surface area contributed by atoms with E-state index in [9.17, 15) is 4.79 Å². The average molecular weight is 262 g/mol. The standard InChI is InChI=1S/C15H22N2O2/c1-10-7-11(2)13(12(3)8-10)17-9-15(4,5-6-16)19-14(17)18/h7-8H,5-6,9,16H2,1-4H3. The topological polar surface area (TPSA) is 55.6 Å². The Morgan fingerprint density at radius 3 is 2.42 bits per heavy atom. The van der Waals surface area contributed by atoms with Crippen molar-refractivity contribution in [3.05, 3.63) is 28.8 Å². The molecule has 0 radical (unpaired) electrons. The fourth-order valence-electron chi connectivity index (χ4n) is 2.90. The van der Waals surface area contributed by atoms with Gasteiger partial charge in [0.05, 0.1) is 12.2 Å². The zero-order chi connectivity index (χ0) is 14.2. The monoisotopic (exact) mass is 262 g/mol. The van der Waals surface area contributed by atoms with Gasteiger partial charge in [0, 0.05) is 6.42 Å². The molecule has 0 aliphatic carbocycles. The van der Waals surface area contributed by atoms with E-state index in [0.717, 1.165) is 16.8 Å². The van der Waals surface area contributed by atoms with E-state index in [4.69, 9.17) is 10.5 Å². The van der Waals surface area contributed by atoms with Crippen LogP contribution in [0.3, 0.4) is 0 Å². The molecule has 104 valence electrons. The van der Waals surface area contributed by atoms with Gasteiger partial charge in [0.25, 0.3) is 0 Å². The molecule has 1 atom stereocenters. The first kappa shape index (κ1) is 13.9. The van der Waals surface area contributed by atoms with Crippen LogP contribution >= 0.6 is 0 Å². The molecule has 1 saturated heterocycles. The van der Waals surface area contributed by atoms with E-state index in [1.807, 2.05) is 20.8 Å². The van der Waals surface area contributed by atoms with Gasteiger partial charge in [-0.05, 0) is 45.4 Å². The van der Waals surface area contributed by atoms with Gasteiger partial charge in [-0.2, -0.15) is 0 Å². The zero-order valence-corrected chi connectivity index (χ0v) is 12.1. The van der Waals surface area contributed by atoms with Crippen LogP contribution in [-0.2, 0) is 4.74 Å². The number of hydrogen-bond acceptors (Lipinski definition) is 3. The largest absolute Gasteiger partial charge is 0.441 e. The number of carbonyl (C=O) groups excluding carboxylic acids is 1. The van der Waals surface area contributed by atoms with Gasteiger partial charge in [0.15, 0.2) is 0 Å². The van der Waals surface area contributed by atoms with E-state index in [-0.39, 0.29) is 6.09 Å². The maximum absolute atomic E-state index is 12.1. The third-order valence-electron chi connectivity index (χ3n) is 3.63. The van der Waals surface area contributed by atoms with Crippen LogP contribution in [0.25, 0.3) is 0 Å². The van der Waals surface area contributed by atoms with E-state index in [1.54, 1.807) is 4.90 Å². The SMILES string of the molecule is Cc1cc(C)c(N2CC(C)(CCN)OC2=O)c(C)c1. The second-order valence-electron chi connectivity index (χ2n) is 5.69. The minimum absolute atomic E-state index is 0.272. The number of nitrogens with zero attached hydrogens (tertiary/aromatic N) is 1. The number of carbonyl (C=O) groups is 1. The molecule has 1 fully saturated rings. The van der Waals surface area contributed by atoms with Crippen molar-refractivity contribution in [3.8, 4) is 0 Å². The molecule has 1 aromatic carbocycles. The Balaban J connectivity index is 2.36. The molecule has 1 aromatic rings. The minimum Gasteiger partial charge on any atom is -0.441 e. The van der Waals surface area contributed by atoms with Crippen LogP contribution in [0.1, 0.15) is 30.0 Å². The van der Waals surface area contributed by atoms with Gasteiger partial charge in [-0.1, -0.05) is 17.7 Å². The number of rotatable bonds is 3. The van der Waals surface area contributed by atoms with Gasteiger partial charge in [0.2, 0.25) is 0 Å². The molecule has 2 N–H and O–H groups in total. The Kier molecular flexibility index (Phi) is 3.54. The molecule has 1 aliphatic rings. The van der Waals surface area contributed by atoms with Crippen LogP contribution < -0.4 is 10.6 Å². The average Bonchev–Trinajstić information content (AvgIpc) is 2.53. The highest BCUT2D eigenvalue weighted by Crippen LogP contribution is 2.34. The lowest BCUT2D eigenvalue weighted by atomic mass is 10.0. The van der Waals surface area contributed by atoms with Crippen molar-refractivity contribution in [2.45, 2.75) is 39.7 Å². The molecule has 0 bridgehead atoms. The number of hydrogen-bond donors (Lipinski definition) is 1. The normalized spacial score (nSPS) is 22.8. The molecule has 4 heteroatoms. The second kappa shape index (κ2) is 4.85. The Labute approximate surface area is 114 Å². The number of cyclic esters (lactones) is 1. The van der Waals surface area contributed by atoms with E-state index >= 15 is 0 Å². The van der Waals surface area contributed by atoms with Gasteiger partial charge in [-0.3, -0.25) is 4.90 Å². The quantitative estimate of drug-likeness (QED) is 0.911. The first-order valence-electron chi connectivity index (χ1n) is 6.65. The van der Waals surface area contributed by atoms with Crippen molar-refractivity contribution in [1.29, 1.82) is 0 Å². The number of amides is 1. The fourth-order valence-corrected chi connectivity index (χ4v) is 2.90. The summed E-state index contributed by atoms with van der Waals surface area (Å²) in [4.78, 5) is 13.9. The van der Waals surface area contributed by atoms with Crippen molar-refractivity contribution >= 4 is 11.8 Å². The Bertz CT molecular complexity index is 490. The molecule has 1 heterocycles. The van der Waals surface area contributed by atoms with Gasteiger partial charge in [-0.25, -0.2) is 4.79 Å². The molecule has 19 heavy (non-hydrogen) atoms. The summed E-state index contributed by atoms with van der Waals surface area (Å²) in [5, 5.41) is 0. The molecular weight excluding hydrogens is 240 g/mol. The summed E-state index contributed by atoms with van der Waals surface area (Å²) in [6, 6.07) is 4.18. The van der Waals surface area contributed by atoms with Crippen molar-refractivity contribution in [2.24, 2.45) is 5.73 Å². The number of aryl methyl sites for hydroxylation is 3. The van der Waals surface area contributed by atoms with Crippen LogP contribution in [0.15, 0.2) is 12.1 Å². The number of benzene rings is 1. The fraction of sp³-hybridized carbons (Fsp3) is 0.533. The van der Waals surface area contributed by atoms with Gasteiger partial charge in [0.1, 0.15) is 5.60 Å². The predicted molar refractivity (Wildman–Crippen MR) is 76.6 cm³/mol. The van der Waals surface area contributed by atoms with Crippen molar-refractivity contribution in [1.82, 2.24) is 0 Å². The smallest absolute Gasteiger partial charge is 0.415 e. The lowest BCUT2D eigenvalue weighted by molar-refractivity contribution is 0.0672.